The van der Waals surface area contributed by atoms with Crippen molar-refractivity contribution >= 4 is 5.78 Å². The highest BCUT2D eigenvalue weighted by Gasteiger charge is 2.28. The molecule has 0 radical (unpaired) electrons. The maximum Gasteiger partial charge on any atom is 0.192 e. The fourth-order valence-corrected chi connectivity index (χ4v) is 2.84. The summed E-state index contributed by atoms with van der Waals surface area (Å²) in [4.78, 5) is 13.0. The number of benzene rings is 2. The Balaban J connectivity index is 2.17. The lowest BCUT2D eigenvalue weighted by Crippen LogP contribution is -2.32. The topological polar surface area (TPSA) is 26.3 Å². The predicted molar refractivity (Wildman–Crippen MR) is 104 cm³/mol. The van der Waals surface area contributed by atoms with Gasteiger partial charge in [0.1, 0.15) is 6.10 Å². The molecule has 2 heteroatoms. The lowest BCUT2D eigenvalue weighted by Gasteiger charge is -2.25. The fourth-order valence-electron chi connectivity index (χ4n) is 2.84. The molecular formula is C23H28O2. The number of hydrogen-bond acceptors (Lipinski definition) is 2. The number of ketones is 1. The van der Waals surface area contributed by atoms with Gasteiger partial charge in [0.05, 0.1) is 6.61 Å². The van der Waals surface area contributed by atoms with Gasteiger partial charge in [-0.2, -0.15) is 0 Å². The molecule has 0 fully saturated rings. The van der Waals surface area contributed by atoms with Crippen LogP contribution in [0, 0.1) is 11.8 Å². The van der Waals surface area contributed by atoms with Crippen LogP contribution in [0.3, 0.4) is 0 Å². The number of carbonyl (C=O) groups excluding carboxylic acids is 1. The molecule has 2 atom stereocenters. The smallest absolute Gasteiger partial charge is 0.192 e. The molecule has 0 saturated heterocycles. The first-order chi connectivity index (χ1) is 12.1. The van der Waals surface area contributed by atoms with Crippen molar-refractivity contribution < 1.29 is 9.53 Å². The minimum Gasteiger partial charge on any atom is -0.365 e. The first-order valence-electron chi connectivity index (χ1n) is 8.99. The van der Waals surface area contributed by atoms with Crippen molar-refractivity contribution in [3.8, 4) is 0 Å². The van der Waals surface area contributed by atoms with Crippen molar-refractivity contribution in [3.05, 3.63) is 84.4 Å². The molecule has 0 spiro atoms. The Morgan fingerprint density at radius 3 is 2.16 bits per heavy atom. The van der Waals surface area contributed by atoms with Crippen molar-refractivity contribution in [2.75, 3.05) is 0 Å². The van der Waals surface area contributed by atoms with Gasteiger partial charge in [-0.25, -0.2) is 0 Å². The average Bonchev–Trinajstić information content (AvgIpc) is 2.65. The fraction of sp³-hybridized carbons (Fsp3) is 0.348. The molecule has 0 aliphatic carbocycles. The van der Waals surface area contributed by atoms with E-state index in [4.69, 9.17) is 4.74 Å². The number of hydrogen-bond donors (Lipinski definition) is 0. The Labute approximate surface area is 151 Å². The van der Waals surface area contributed by atoms with Crippen molar-refractivity contribution in [2.45, 2.75) is 39.4 Å². The highest BCUT2D eigenvalue weighted by atomic mass is 16.5. The molecule has 0 amide bonds. The molecule has 0 unspecified atom stereocenters. The Morgan fingerprint density at radius 1 is 1.00 bits per heavy atom. The van der Waals surface area contributed by atoms with E-state index in [0.29, 0.717) is 18.1 Å². The van der Waals surface area contributed by atoms with Crippen LogP contribution >= 0.6 is 0 Å². The molecule has 0 saturated carbocycles. The van der Waals surface area contributed by atoms with Crippen LogP contribution in [-0.2, 0) is 11.3 Å². The summed E-state index contributed by atoms with van der Waals surface area (Å²) in [5.41, 5.74) is 1.76. The van der Waals surface area contributed by atoms with Gasteiger partial charge in [-0.15, -0.1) is 6.58 Å². The maximum absolute atomic E-state index is 13.0. The van der Waals surface area contributed by atoms with Gasteiger partial charge in [-0.1, -0.05) is 87.0 Å². The molecule has 2 nitrogen and oxygen atoms in total. The molecule has 25 heavy (non-hydrogen) atoms. The summed E-state index contributed by atoms with van der Waals surface area (Å²) in [5.74, 6) is 0.632. The average molecular weight is 336 g/mol. The Bertz CT molecular complexity index is 646. The second kappa shape index (κ2) is 9.95. The van der Waals surface area contributed by atoms with Crippen LogP contribution < -0.4 is 0 Å². The zero-order valence-electron chi connectivity index (χ0n) is 15.2. The van der Waals surface area contributed by atoms with Gasteiger partial charge in [-0.05, 0) is 17.9 Å². The molecule has 2 rings (SSSR count). The highest BCUT2D eigenvalue weighted by molar-refractivity contribution is 5.99. The van der Waals surface area contributed by atoms with E-state index in [2.05, 4.69) is 20.4 Å². The van der Waals surface area contributed by atoms with Gasteiger partial charge in [0.2, 0.25) is 0 Å². The van der Waals surface area contributed by atoms with Crippen molar-refractivity contribution in [1.29, 1.82) is 0 Å². The third-order valence-corrected chi connectivity index (χ3v) is 4.36. The monoisotopic (exact) mass is 336 g/mol. The minimum atomic E-state index is -0.501. The number of Topliss-reactive ketones (excluding diaryl/α,β-unsaturated/α-hetero) is 1. The lowest BCUT2D eigenvalue weighted by molar-refractivity contribution is 0.0146. The first kappa shape index (κ1) is 19.1. The number of ether oxygens (including phenoxy) is 1. The zero-order valence-corrected chi connectivity index (χ0v) is 15.2. The van der Waals surface area contributed by atoms with E-state index in [9.17, 15) is 4.79 Å². The van der Waals surface area contributed by atoms with E-state index in [-0.39, 0.29) is 11.7 Å². The van der Waals surface area contributed by atoms with E-state index in [1.807, 2.05) is 66.7 Å². The van der Waals surface area contributed by atoms with Crippen LogP contribution in [0.4, 0.5) is 0 Å². The molecule has 0 N–H and O–H groups in total. The van der Waals surface area contributed by atoms with Gasteiger partial charge in [-0.3, -0.25) is 4.79 Å². The van der Waals surface area contributed by atoms with Crippen molar-refractivity contribution in [1.82, 2.24) is 0 Å². The molecule has 0 aliphatic heterocycles. The molecule has 0 heterocycles. The second-order valence-corrected chi connectivity index (χ2v) is 6.82. The van der Waals surface area contributed by atoms with Crippen LogP contribution in [-0.4, -0.2) is 11.9 Å². The SMILES string of the molecule is C=C[C@H](CCC(C)C)[C@@H](OCc1ccccc1)C(=O)c1ccccc1. The summed E-state index contributed by atoms with van der Waals surface area (Å²) in [6, 6.07) is 19.4. The van der Waals surface area contributed by atoms with E-state index in [1.165, 1.54) is 0 Å². The molecule has 0 aliphatic rings. The van der Waals surface area contributed by atoms with Crippen LogP contribution in [0.2, 0.25) is 0 Å². The standard InChI is InChI=1S/C23H28O2/c1-4-20(16-15-18(2)3)23(22(24)21-13-9-6-10-14-21)25-17-19-11-7-5-8-12-19/h4-14,18,20,23H,1,15-17H2,2-3H3/t20-,23-/m1/s1. The number of rotatable bonds is 10. The Hall–Kier alpha value is -2.19. The molecule has 2 aromatic carbocycles. The summed E-state index contributed by atoms with van der Waals surface area (Å²) in [7, 11) is 0. The molecule has 0 bridgehead atoms. The quantitative estimate of drug-likeness (QED) is 0.411. The van der Waals surface area contributed by atoms with Crippen LogP contribution in [0.25, 0.3) is 0 Å². The molecule has 2 aromatic rings. The second-order valence-electron chi connectivity index (χ2n) is 6.82. The van der Waals surface area contributed by atoms with E-state index in [1.54, 1.807) is 0 Å². The van der Waals surface area contributed by atoms with Crippen LogP contribution in [0.15, 0.2) is 73.3 Å². The van der Waals surface area contributed by atoms with Crippen molar-refractivity contribution in [2.24, 2.45) is 11.8 Å². The maximum atomic E-state index is 13.0. The summed E-state index contributed by atoms with van der Waals surface area (Å²) in [6.45, 7) is 8.77. The normalized spacial score (nSPS) is 13.4. The van der Waals surface area contributed by atoms with E-state index >= 15 is 0 Å². The minimum absolute atomic E-state index is 0.0128. The van der Waals surface area contributed by atoms with Gasteiger partial charge in [0.25, 0.3) is 0 Å². The summed E-state index contributed by atoms with van der Waals surface area (Å²) in [5, 5.41) is 0. The third-order valence-electron chi connectivity index (χ3n) is 4.36. The van der Waals surface area contributed by atoms with Crippen molar-refractivity contribution in [3.63, 3.8) is 0 Å². The number of carbonyl (C=O) groups is 1. The van der Waals surface area contributed by atoms with Gasteiger partial charge in [0, 0.05) is 11.5 Å². The van der Waals surface area contributed by atoms with Crippen LogP contribution in [0.5, 0.6) is 0 Å². The summed E-state index contributed by atoms with van der Waals surface area (Å²) < 4.78 is 6.11. The predicted octanol–water partition coefficient (Wildman–Crippen LogP) is 5.69. The Morgan fingerprint density at radius 2 is 1.60 bits per heavy atom. The largest absolute Gasteiger partial charge is 0.365 e. The molecular weight excluding hydrogens is 308 g/mol. The first-order valence-corrected chi connectivity index (χ1v) is 8.99. The Kier molecular flexibility index (Phi) is 7.62. The summed E-state index contributed by atoms with van der Waals surface area (Å²) in [6.07, 6.45) is 3.32. The van der Waals surface area contributed by atoms with Gasteiger partial charge in [0.15, 0.2) is 5.78 Å². The molecule has 132 valence electrons. The van der Waals surface area contributed by atoms with Gasteiger partial charge < -0.3 is 4.74 Å². The molecule has 0 aromatic heterocycles. The van der Waals surface area contributed by atoms with E-state index in [0.717, 1.165) is 18.4 Å². The zero-order chi connectivity index (χ0) is 18.1. The third kappa shape index (κ3) is 5.99. The van der Waals surface area contributed by atoms with Crippen LogP contribution in [0.1, 0.15) is 42.6 Å². The van der Waals surface area contributed by atoms with Gasteiger partial charge >= 0.3 is 0 Å². The summed E-state index contributed by atoms with van der Waals surface area (Å²) >= 11 is 0. The highest BCUT2D eigenvalue weighted by Crippen LogP contribution is 2.23. The lowest BCUT2D eigenvalue weighted by atomic mass is 9.89. The van der Waals surface area contributed by atoms with E-state index < -0.39 is 6.10 Å².